The Hall–Kier alpha value is -2.67. The van der Waals surface area contributed by atoms with Gasteiger partial charge in [0.15, 0.2) is 6.10 Å². The maximum Gasteiger partial charge on any atom is 0.279 e. The Morgan fingerprint density at radius 3 is 2.36 bits per heavy atom. The van der Waals surface area contributed by atoms with E-state index in [1.165, 1.54) is 17.3 Å². The Bertz CT molecular complexity index is 809. The molecule has 6 nitrogen and oxygen atoms in total. The van der Waals surface area contributed by atoms with E-state index in [2.05, 4.69) is 16.9 Å². The molecular weight excluding hydrogens is 376 g/mol. The third-order valence-electron chi connectivity index (χ3n) is 3.83. The van der Waals surface area contributed by atoms with Crippen LogP contribution in [0.3, 0.4) is 0 Å². The maximum atomic E-state index is 12.1. The molecule has 2 aromatic carbocycles. The summed E-state index contributed by atoms with van der Waals surface area (Å²) in [6.07, 6.45) is -0.759. The normalized spacial score (nSPS) is 11.4. The van der Waals surface area contributed by atoms with Gasteiger partial charge in [0.2, 0.25) is 5.91 Å². The van der Waals surface area contributed by atoms with Gasteiger partial charge in [-0.3, -0.25) is 20.4 Å². The van der Waals surface area contributed by atoms with Gasteiger partial charge in [-0.15, -0.1) is 11.8 Å². The molecule has 0 saturated heterocycles. The van der Waals surface area contributed by atoms with Crippen LogP contribution in [-0.2, 0) is 9.59 Å². The van der Waals surface area contributed by atoms with Crippen molar-refractivity contribution in [2.75, 3.05) is 12.4 Å². The van der Waals surface area contributed by atoms with E-state index in [1.54, 1.807) is 31.2 Å². The predicted molar refractivity (Wildman–Crippen MR) is 111 cm³/mol. The number of hydrogen-bond donors (Lipinski definition) is 2. The number of carbonyl (C=O) groups excluding carboxylic acids is 2. The van der Waals surface area contributed by atoms with Gasteiger partial charge in [-0.2, -0.15) is 0 Å². The zero-order valence-electron chi connectivity index (χ0n) is 16.6. The average molecular weight is 403 g/mol. The number of hydrazine groups is 1. The van der Waals surface area contributed by atoms with Crippen molar-refractivity contribution in [1.29, 1.82) is 0 Å². The van der Waals surface area contributed by atoms with Crippen LogP contribution in [-0.4, -0.2) is 30.3 Å². The van der Waals surface area contributed by atoms with Crippen molar-refractivity contribution in [2.45, 2.75) is 38.7 Å². The minimum absolute atomic E-state index is 0.207. The first kappa shape index (κ1) is 21.6. The van der Waals surface area contributed by atoms with Crippen molar-refractivity contribution in [2.24, 2.45) is 0 Å². The van der Waals surface area contributed by atoms with Crippen LogP contribution in [0.25, 0.3) is 0 Å². The highest BCUT2D eigenvalue weighted by atomic mass is 32.2. The maximum absolute atomic E-state index is 12.1. The smallest absolute Gasteiger partial charge is 0.279 e. The van der Waals surface area contributed by atoms with Gasteiger partial charge in [0.05, 0.1) is 12.4 Å². The van der Waals surface area contributed by atoms with Gasteiger partial charge in [-0.25, -0.2) is 0 Å². The molecule has 28 heavy (non-hydrogen) atoms. The zero-order chi connectivity index (χ0) is 20.5. The van der Waals surface area contributed by atoms with Crippen LogP contribution in [0, 0.1) is 13.8 Å². The average Bonchev–Trinajstić information content (AvgIpc) is 2.67. The molecular formula is C21H26N2O4S. The highest BCUT2D eigenvalue weighted by Crippen LogP contribution is 2.22. The fourth-order valence-corrected chi connectivity index (χ4v) is 3.22. The van der Waals surface area contributed by atoms with Crippen molar-refractivity contribution in [3.8, 4) is 11.5 Å². The lowest BCUT2D eigenvalue weighted by molar-refractivity contribution is -0.131. The van der Waals surface area contributed by atoms with E-state index in [1.807, 2.05) is 32.9 Å². The molecule has 2 aromatic rings. The van der Waals surface area contributed by atoms with Crippen molar-refractivity contribution in [1.82, 2.24) is 10.9 Å². The molecule has 150 valence electrons. The van der Waals surface area contributed by atoms with Crippen LogP contribution in [0.5, 0.6) is 11.5 Å². The second-order valence-corrected chi connectivity index (χ2v) is 7.28. The second kappa shape index (κ2) is 10.6. The molecule has 0 bridgehead atoms. The number of aryl methyl sites for hydroxylation is 2. The van der Waals surface area contributed by atoms with Crippen LogP contribution >= 0.6 is 11.8 Å². The quantitative estimate of drug-likeness (QED) is 0.523. The summed E-state index contributed by atoms with van der Waals surface area (Å²) in [6.45, 7) is 8.14. The van der Waals surface area contributed by atoms with Crippen LogP contribution in [0.1, 0.15) is 25.0 Å². The van der Waals surface area contributed by atoms with Gasteiger partial charge < -0.3 is 9.47 Å². The van der Waals surface area contributed by atoms with Crippen molar-refractivity contribution in [3.05, 3.63) is 53.6 Å². The van der Waals surface area contributed by atoms with E-state index in [-0.39, 0.29) is 11.7 Å². The summed E-state index contributed by atoms with van der Waals surface area (Å²) in [7, 11) is 0. The summed E-state index contributed by atoms with van der Waals surface area (Å²) in [5.41, 5.74) is 7.11. The molecule has 0 aromatic heterocycles. The monoisotopic (exact) mass is 402 g/mol. The first-order valence-corrected chi connectivity index (χ1v) is 10.1. The molecule has 0 fully saturated rings. The Morgan fingerprint density at radius 1 is 1.04 bits per heavy atom. The number of rotatable bonds is 8. The van der Waals surface area contributed by atoms with Crippen LogP contribution < -0.4 is 20.3 Å². The van der Waals surface area contributed by atoms with E-state index in [9.17, 15) is 9.59 Å². The standard InChI is InChI=1S/C21H26N2O4S/c1-5-26-17-7-9-18(10-8-17)27-16(4)21(25)23-22-20(24)13-28-19-11-6-14(2)12-15(19)3/h6-12,16H,5,13H2,1-4H3,(H,22,24)(H,23,25)/t16-/m0/s1. The molecule has 7 heteroatoms. The van der Waals surface area contributed by atoms with E-state index in [0.29, 0.717) is 12.4 Å². The lowest BCUT2D eigenvalue weighted by atomic mass is 10.2. The fourth-order valence-electron chi connectivity index (χ4n) is 2.41. The Balaban J connectivity index is 1.74. The number of amides is 2. The SMILES string of the molecule is CCOc1ccc(O[C@@H](C)C(=O)NNC(=O)CSc2ccc(C)cc2C)cc1. The Morgan fingerprint density at radius 2 is 1.71 bits per heavy atom. The molecule has 0 aliphatic heterocycles. The van der Waals surface area contributed by atoms with E-state index in [4.69, 9.17) is 9.47 Å². The fraction of sp³-hybridized carbons (Fsp3) is 0.333. The highest BCUT2D eigenvalue weighted by Gasteiger charge is 2.15. The summed E-state index contributed by atoms with van der Waals surface area (Å²) in [6, 6.07) is 13.1. The Kier molecular flexibility index (Phi) is 8.19. The Labute approximate surface area is 170 Å². The summed E-state index contributed by atoms with van der Waals surface area (Å²) in [4.78, 5) is 25.1. The topological polar surface area (TPSA) is 76.7 Å². The summed E-state index contributed by atoms with van der Waals surface area (Å²) in [5, 5.41) is 0. The first-order chi connectivity index (χ1) is 13.4. The third-order valence-corrected chi connectivity index (χ3v) is 5.01. The summed E-state index contributed by atoms with van der Waals surface area (Å²) >= 11 is 1.43. The summed E-state index contributed by atoms with van der Waals surface area (Å²) in [5.74, 6) is 0.770. The van der Waals surface area contributed by atoms with Crippen LogP contribution in [0.15, 0.2) is 47.4 Å². The van der Waals surface area contributed by atoms with Gasteiger partial charge >= 0.3 is 0 Å². The third kappa shape index (κ3) is 6.81. The first-order valence-electron chi connectivity index (χ1n) is 9.07. The highest BCUT2D eigenvalue weighted by molar-refractivity contribution is 8.00. The molecule has 0 radical (unpaired) electrons. The summed E-state index contributed by atoms with van der Waals surface area (Å²) < 4.78 is 10.9. The number of ether oxygens (including phenoxy) is 2. The second-order valence-electron chi connectivity index (χ2n) is 6.26. The number of thioether (sulfide) groups is 1. The number of nitrogens with one attached hydrogen (secondary N) is 2. The van der Waals surface area contributed by atoms with Crippen molar-refractivity contribution in [3.63, 3.8) is 0 Å². The molecule has 0 unspecified atom stereocenters. The van der Waals surface area contributed by atoms with Crippen molar-refractivity contribution < 1.29 is 19.1 Å². The molecule has 0 aliphatic carbocycles. The van der Waals surface area contributed by atoms with Gasteiger partial charge in [-0.1, -0.05) is 17.7 Å². The lowest BCUT2D eigenvalue weighted by Gasteiger charge is -2.15. The van der Waals surface area contributed by atoms with Crippen LogP contribution in [0.4, 0.5) is 0 Å². The molecule has 0 heterocycles. The van der Waals surface area contributed by atoms with Gasteiger partial charge in [0.1, 0.15) is 11.5 Å². The minimum atomic E-state index is -0.759. The molecule has 2 N–H and O–H groups in total. The van der Waals surface area contributed by atoms with E-state index in [0.717, 1.165) is 16.2 Å². The molecule has 0 saturated carbocycles. The van der Waals surface area contributed by atoms with E-state index < -0.39 is 12.0 Å². The van der Waals surface area contributed by atoms with Gasteiger partial charge in [-0.05, 0) is 63.6 Å². The zero-order valence-corrected chi connectivity index (χ0v) is 17.4. The van der Waals surface area contributed by atoms with Crippen molar-refractivity contribution >= 4 is 23.6 Å². The molecule has 2 amide bonds. The van der Waals surface area contributed by atoms with Gasteiger partial charge in [0, 0.05) is 4.90 Å². The largest absolute Gasteiger partial charge is 0.494 e. The van der Waals surface area contributed by atoms with E-state index >= 15 is 0 Å². The molecule has 2 rings (SSSR count). The molecule has 0 spiro atoms. The van der Waals surface area contributed by atoms with Crippen LogP contribution in [0.2, 0.25) is 0 Å². The minimum Gasteiger partial charge on any atom is -0.494 e. The number of carbonyl (C=O) groups is 2. The predicted octanol–water partition coefficient (Wildman–Crippen LogP) is 3.41. The number of hydrogen-bond acceptors (Lipinski definition) is 5. The number of benzene rings is 2. The van der Waals surface area contributed by atoms with Gasteiger partial charge in [0.25, 0.3) is 5.91 Å². The molecule has 0 aliphatic rings. The lowest BCUT2D eigenvalue weighted by Crippen LogP contribution is -2.47. The molecule has 1 atom stereocenters.